The van der Waals surface area contributed by atoms with Crippen molar-refractivity contribution < 1.29 is 0 Å². The van der Waals surface area contributed by atoms with Crippen molar-refractivity contribution >= 4 is 0 Å². The van der Waals surface area contributed by atoms with Gasteiger partial charge in [-0.3, -0.25) is 0 Å². The summed E-state index contributed by atoms with van der Waals surface area (Å²) in [7, 11) is 0. The van der Waals surface area contributed by atoms with Gasteiger partial charge in [-0.15, -0.1) is 0 Å². The van der Waals surface area contributed by atoms with Crippen molar-refractivity contribution in [3.63, 3.8) is 0 Å². The molecule has 0 amide bonds. The molecule has 0 heterocycles. The largest absolute Gasteiger partial charge is 0.311 e. The molecule has 0 spiro atoms. The van der Waals surface area contributed by atoms with Gasteiger partial charge in [0.05, 0.1) is 0 Å². The van der Waals surface area contributed by atoms with Crippen LogP contribution in [0.1, 0.15) is 52.9 Å². The molecule has 1 rings (SSSR count). The summed E-state index contributed by atoms with van der Waals surface area (Å²) >= 11 is 0. The lowest BCUT2D eigenvalue weighted by molar-refractivity contribution is 0.371. The first-order valence-corrected chi connectivity index (χ1v) is 5.50. The van der Waals surface area contributed by atoms with Gasteiger partial charge >= 0.3 is 0 Å². The number of hydrogen-bond donors (Lipinski definition) is 1. The minimum atomic E-state index is 0.723. The van der Waals surface area contributed by atoms with Crippen LogP contribution in [-0.2, 0) is 0 Å². The summed E-state index contributed by atoms with van der Waals surface area (Å²) in [5, 5.41) is 3.73. The van der Waals surface area contributed by atoms with Crippen LogP contribution in [0.5, 0.6) is 0 Å². The van der Waals surface area contributed by atoms with Crippen LogP contribution in [0.4, 0.5) is 0 Å². The molecular weight excluding hydrogens is 146 g/mol. The molecule has 72 valence electrons. The van der Waals surface area contributed by atoms with Gasteiger partial charge in [0.2, 0.25) is 0 Å². The molecule has 0 aromatic rings. The molecule has 1 aliphatic carbocycles. The van der Waals surface area contributed by atoms with E-state index in [0.717, 1.165) is 18.0 Å². The number of hydrogen-bond acceptors (Lipinski definition) is 1. The highest BCUT2D eigenvalue weighted by Gasteiger charge is 2.23. The van der Waals surface area contributed by atoms with Crippen molar-refractivity contribution in [1.29, 1.82) is 0 Å². The Bertz CT molecular complexity index is 122. The van der Waals surface area contributed by atoms with E-state index in [1.807, 2.05) is 0 Å². The van der Waals surface area contributed by atoms with Gasteiger partial charge in [0, 0.05) is 12.1 Å². The summed E-state index contributed by atoms with van der Waals surface area (Å²) in [6.07, 6.45) is 6.88. The zero-order valence-corrected chi connectivity index (χ0v) is 8.77. The Labute approximate surface area is 76.9 Å². The van der Waals surface area contributed by atoms with E-state index < -0.39 is 0 Å². The highest BCUT2D eigenvalue weighted by atomic mass is 15.0. The van der Waals surface area contributed by atoms with Crippen molar-refractivity contribution in [3.05, 3.63) is 0 Å². The molecule has 3 atom stereocenters. The predicted octanol–water partition coefficient (Wildman–Crippen LogP) is 2.95. The fourth-order valence-electron chi connectivity index (χ4n) is 2.27. The smallest absolute Gasteiger partial charge is 0.00951 e. The van der Waals surface area contributed by atoms with Gasteiger partial charge in [-0.1, -0.05) is 26.7 Å². The van der Waals surface area contributed by atoms with E-state index >= 15 is 0 Å². The van der Waals surface area contributed by atoms with Crippen molar-refractivity contribution in [2.45, 2.75) is 65.0 Å². The number of nitrogens with one attached hydrogen (secondary N) is 1. The Morgan fingerprint density at radius 2 is 2.17 bits per heavy atom. The molecule has 1 fully saturated rings. The van der Waals surface area contributed by atoms with Crippen LogP contribution in [0.3, 0.4) is 0 Å². The maximum Gasteiger partial charge on any atom is 0.00951 e. The molecule has 1 heteroatoms. The predicted molar refractivity (Wildman–Crippen MR) is 54.3 cm³/mol. The van der Waals surface area contributed by atoms with Crippen molar-refractivity contribution in [2.24, 2.45) is 5.92 Å². The van der Waals surface area contributed by atoms with Crippen molar-refractivity contribution in [3.8, 4) is 0 Å². The first kappa shape index (κ1) is 10.0. The highest BCUT2D eigenvalue weighted by molar-refractivity contribution is 4.81. The zero-order chi connectivity index (χ0) is 8.97. The molecule has 1 nitrogen and oxygen atoms in total. The average molecular weight is 169 g/mol. The quantitative estimate of drug-likeness (QED) is 0.682. The Hall–Kier alpha value is -0.0400. The standard InChI is InChI=1S/C11H23N/c1-4-6-10(3)12-11-8-5-7-9(11)2/h9-12H,4-8H2,1-3H3. The second-order valence-corrected chi connectivity index (χ2v) is 4.37. The van der Waals surface area contributed by atoms with E-state index in [1.165, 1.54) is 32.1 Å². The second kappa shape index (κ2) is 4.86. The summed E-state index contributed by atoms with van der Waals surface area (Å²) in [4.78, 5) is 0. The van der Waals surface area contributed by atoms with Crippen molar-refractivity contribution in [2.75, 3.05) is 0 Å². The first-order chi connectivity index (χ1) is 5.74. The highest BCUT2D eigenvalue weighted by Crippen LogP contribution is 2.25. The molecule has 0 radical (unpaired) electrons. The molecule has 0 aromatic heterocycles. The van der Waals surface area contributed by atoms with Gasteiger partial charge in [-0.2, -0.15) is 0 Å². The summed E-state index contributed by atoms with van der Waals surface area (Å²) < 4.78 is 0. The topological polar surface area (TPSA) is 12.0 Å². The van der Waals surface area contributed by atoms with E-state index in [9.17, 15) is 0 Å². The molecule has 12 heavy (non-hydrogen) atoms. The lowest BCUT2D eigenvalue weighted by Gasteiger charge is -2.22. The SMILES string of the molecule is CCCC(C)NC1CCCC1C. The van der Waals surface area contributed by atoms with Crippen LogP contribution in [0.2, 0.25) is 0 Å². The van der Waals surface area contributed by atoms with Crippen LogP contribution in [0.25, 0.3) is 0 Å². The lowest BCUT2D eigenvalue weighted by atomic mass is 10.0. The molecule has 0 bridgehead atoms. The van der Waals surface area contributed by atoms with E-state index in [0.29, 0.717) is 0 Å². The van der Waals surface area contributed by atoms with Crippen LogP contribution in [0, 0.1) is 5.92 Å². The third-order valence-corrected chi connectivity index (χ3v) is 3.08. The van der Waals surface area contributed by atoms with E-state index in [-0.39, 0.29) is 0 Å². The molecule has 0 saturated heterocycles. The summed E-state index contributed by atoms with van der Waals surface area (Å²) in [6.45, 7) is 6.95. The average Bonchev–Trinajstić information content (AvgIpc) is 2.37. The van der Waals surface area contributed by atoms with Crippen LogP contribution >= 0.6 is 0 Å². The van der Waals surface area contributed by atoms with Crippen LogP contribution in [-0.4, -0.2) is 12.1 Å². The van der Waals surface area contributed by atoms with Crippen LogP contribution < -0.4 is 5.32 Å². The Kier molecular flexibility index (Phi) is 4.07. The summed E-state index contributed by atoms with van der Waals surface area (Å²) in [6, 6.07) is 1.53. The Morgan fingerprint density at radius 1 is 1.42 bits per heavy atom. The third-order valence-electron chi connectivity index (χ3n) is 3.08. The second-order valence-electron chi connectivity index (χ2n) is 4.37. The van der Waals surface area contributed by atoms with Crippen molar-refractivity contribution in [1.82, 2.24) is 5.32 Å². The summed E-state index contributed by atoms with van der Waals surface area (Å²) in [5.41, 5.74) is 0. The van der Waals surface area contributed by atoms with Gasteiger partial charge in [0.1, 0.15) is 0 Å². The Morgan fingerprint density at radius 3 is 2.67 bits per heavy atom. The van der Waals surface area contributed by atoms with E-state index in [2.05, 4.69) is 26.1 Å². The molecular formula is C11H23N. The third kappa shape index (κ3) is 2.78. The van der Waals surface area contributed by atoms with E-state index in [1.54, 1.807) is 0 Å². The van der Waals surface area contributed by atoms with Gasteiger partial charge in [0.15, 0.2) is 0 Å². The molecule has 1 saturated carbocycles. The maximum absolute atomic E-state index is 3.73. The normalized spacial score (nSPS) is 32.2. The minimum Gasteiger partial charge on any atom is -0.311 e. The van der Waals surface area contributed by atoms with Gasteiger partial charge in [-0.25, -0.2) is 0 Å². The maximum atomic E-state index is 3.73. The molecule has 3 unspecified atom stereocenters. The molecule has 1 N–H and O–H groups in total. The molecule has 1 aliphatic rings. The van der Waals surface area contributed by atoms with Gasteiger partial charge < -0.3 is 5.32 Å². The van der Waals surface area contributed by atoms with Gasteiger partial charge in [0.25, 0.3) is 0 Å². The lowest BCUT2D eigenvalue weighted by Crippen LogP contribution is -2.37. The monoisotopic (exact) mass is 169 g/mol. The first-order valence-electron chi connectivity index (χ1n) is 5.50. The van der Waals surface area contributed by atoms with E-state index in [4.69, 9.17) is 0 Å². The Balaban J connectivity index is 2.20. The minimum absolute atomic E-state index is 0.723. The number of rotatable bonds is 4. The van der Waals surface area contributed by atoms with Crippen LogP contribution in [0.15, 0.2) is 0 Å². The zero-order valence-electron chi connectivity index (χ0n) is 8.77. The summed E-state index contributed by atoms with van der Waals surface area (Å²) in [5.74, 6) is 0.907. The molecule has 0 aromatic carbocycles. The molecule has 0 aliphatic heterocycles. The van der Waals surface area contributed by atoms with Gasteiger partial charge in [-0.05, 0) is 32.1 Å². The fraction of sp³-hybridized carbons (Fsp3) is 1.00. The fourth-order valence-corrected chi connectivity index (χ4v) is 2.27.